The van der Waals surface area contributed by atoms with Gasteiger partial charge in [-0.3, -0.25) is 5.10 Å². The van der Waals surface area contributed by atoms with Crippen molar-refractivity contribution in [1.82, 2.24) is 25.5 Å². The second-order valence-electron chi connectivity index (χ2n) is 5.65. The molecular formula is C18H19N7O2. The van der Waals surface area contributed by atoms with Crippen LogP contribution >= 0.6 is 0 Å². The van der Waals surface area contributed by atoms with Crippen molar-refractivity contribution in [2.75, 3.05) is 25.5 Å². The van der Waals surface area contributed by atoms with Gasteiger partial charge in [-0.2, -0.15) is 10.4 Å². The monoisotopic (exact) mass is 365 g/mol. The van der Waals surface area contributed by atoms with Crippen molar-refractivity contribution < 1.29 is 9.84 Å². The van der Waals surface area contributed by atoms with Crippen molar-refractivity contribution in [2.45, 2.75) is 6.42 Å². The van der Waals surface area contributed by atoms with E-state index in [1.54, 1.807) is 24.3 Å². The number of ether oxygens (including phenoxy) is 1. The number of rotatable bonds is 4. The molecule has 1 aromatic carbocycles. The zero-order valence-electron chi connectivity index (χ0n) is 14.7. The van der Waals surface area contributed by atoms with E-state index < -0.39 is 0 Å². The number of aromatic amines is 1. The molecule has 0 bridgehead atoms. The minimum absolute atomic E-state index is 0.0812. The number of phenolic OH excluding ortho intramolecular Hbond substituents is 1. The molecule has 1 fully saturated rings. The molecule has 9 heteroatoms. The molecule has 4 rings (SSSR count). The molecule has 138 valence electrons. The summed E-state index contributed by atoms with van der Waals surface area (Å²) in [5.41, 5.74) is 1.34. The number of aromatic hydroxyl groups is 1. The standard InChI is InChI=1S/C15H12N6O2.C3H7N/c1-23-12-4-2-3-11(22)15(12)10-5-13(21-20-10)19-14-8-17-9(6-16)7-18-14;1-2-4-3-1/h2-5,7-8,22H,1H3,(H2,18,19,20,21);4H,1-3H2. The highest BCUT2D eigenvalue weighted by molar-refractivity contribution is 5.75. The molecule has 0 unspecified atom stereocenters. The number of H-pyrrole nitrogens is 1. The van der Waals surface area contributed by atoms with E-state index in [1.165, 1.54) is 39.0 Å². The van der Waals surface area contributed by atoms with Crippen LogP contribution in [0.1, 0.15) is 12.1 Å². The lowest BCUT2D eigenvalue weighted by molar-refractivity contribution is 0.410. The van der Waals surface area contributed by atoms with E-state index in [9.17, 15) is 5.11 Å². The Kier molecular flexibility index (Phi) is 5.81. The van der Waals surface area contributed by atoms with Crippen molar-refractivity contribution in [2.24, 2.45) is 0 Å². The number of aromatic nitrogens is 4. The van der Waals surface area contributed by atoms with Crippen molar-refractivity contribution in [3.05, 3.63) is 42.4 Å². The second-order valence-corrected chi connectivity index (χ2v) is 5.65. The number of nitriles is 1. The molecule has 9 nitrogen and oxygen atoms in total. The van der Waals surface area contributed by atoms with Gasteiger partial charge in [0.05, 0.1) is 30.8 Å². The van der Waals surface area contributed by atoms with Crippen LogP contribution in [0.3, 0.4) is 0 Å². The second kappa shape index (κ2) is 8.64. The van der Waals surface area contributed by atoms with Crippen LogP contribution in [0, 0.1) is 11.3 Å². The third-order valence-corrected chi connectivity index (χ3v) is 3.80. The normalized spacial score (nSPS) is 12.1. The van der Waals surface area contributed by atoms with Crippen LogP contribution in [0.15, 0.2) is 36.7 Å². The Bertz CT molecular complexity index is 924. The highest BCUT2D eigenvalue weighted by atomic mass is 16.5. The number of hydrogen-bond donors (Lipinski definition) is 4. The van der Waals surface area contributed by atoms with Crippen molar-refractivity contribution in [3.8, 4) is 28.8 Å². The van der Waals surface area contributed by atoms with E-state index in [1.807, 2.05) is 6.07 Å². The first kappa shape index (κ1) is 18.2. The van der Waals surface area contributed by atoms with E-state index in [-0.39, 0.29) is 11.4 Å². The minimum Gasteiger partial charge on any atom is -0.507 e. The lowest BCUT2D eigenvalue weighted by Gasteiger charge is -2.09. The predicted molar refractivity (Wildman–Crippen MR) is 99.8 cm³/mol. The summed E-state index contributed by atoms with van der Waals surface area (Å²) in [5.74, 6) is 1.55. The Morgan fingerprint density at radius 3 is 2.59 bits per heavy atom. The molecule has 1 aliphatic heterocycles. The molecule has 2 aromatic heterocycles. The maximum absolute atomic E-state index is 10.0. The summed E-state index contributed by atoms with van der Waals surface area (Å²) in [4.78, 5) is 7.97. The largest absolute Gasteiger partial charge is 0.507 e. The third kappa shape index (κ3) is 4.50. The SMILES string of the molecule is C1CNC1.COc1cccc(O)c1-c1cc(Nc2cnc(C#N)cn2)n[nH]1. The molecule has 0 atom stereocenters. The van der Waals surface area contributed by atoms with Crippen LogP contribution in [-0.4, -0.2) is 45.5 Å². The average molecular weight is 365 g/mol. The Morgan fingerprint density at radius 1 is 1.22 bits per heavy atom. The summed E-state index contributed by atoms with van der Waals surface area (Å²) in [6, 6.07) is 8.61. The Hall–Kier alpha value is -3.64. The van der Waals surface area contributed by atoms with E-state index >= 15 is 0 Å². The first-order valence-corrected chi connectivity index (χ1v) is 8.33. The van der Waals surface area contributed by atoms with Gasteiger partial charge in [-0.25, -0.2) is 9.97 Å². The number of benzene rings is 1. The van der Waals surface area contributed by atoms with Crippen LogP contribution in [-0.2, 0) is 0 Å². The highest BCUT2D eigenvalue weighted by Crippen LogP contribution is 2.37. The molecular weight excluding hydrogens is 346 g/mol. The van der Waals surface area contributed by atoms with Crippen molar-refractivity contribution in [3.63, 3.8) is 0 Å². The topological polar surface area (TPSA) is 132 Å². The summed E-state index contributed by atoms with van der Waals surface area (Å²) in [6.45, 7) is 2.50. The highest BCUT2D eigenvalue weighted by Gasteiger charge is 2.14. The van der Waals surface area contributed by atoms with Gasteiger partial charge in [-0.15, -0.1) is 0 Å². The molecule has 0 saturated carbocycles. The zero-order chi connectivity index (χ0) is 19.1. The molecule has 0 aliphatic carbocycles. The first-order valence-electron chi connectivity index (χ1n) is 8.33. The molecule has 0 amide bonds. The molecule has 3 aromatic rings. The Labute approximate surface area is 156 Å². The molecule has 0 spiro atoms. The van der Waals surface area contributed by atoms with Crippen LogP contribution in [0.4, 0.5) is 11.6 Å². The Balaban J connectivity index is 0.000000466. The molecule has 1 aliphatic rings. The van der Waals surface area contributed by atoms with Crippen molar-refractivity contribution >= 4 is 11.6 Å². The lowest BCUT2D eigenvalue weighted by Crippen LogP contribution is -2.29. The smallest absolute Gasteiger partial charge is 0.158 e. The van der Waals surface area contributed by atoms with Gasteiger partial charge in [-0.05, 0) is 31.6 Å². The average Bonchev–Trinajstić information content (AvgIpc) is 3.08. The number of hydrogen-bond acceptors (Lipinski definition) is 8. The van der Waals surface area contributed by atoms with Crippen molar-refractivity contribution in [1.29, 1.82) is 5.26 Å². The lowest BCUT2D eigenvalue weighted by atomic mass is 10.1. The minimum atomic E-state index is 0.0812. The number of phenols is 1. The maximum Gasteiger partial charge on any atom is 0.158 e. The summed E-state index contributed by atoms with van der Waals surface area (Å²) < 4.78 is 5.25. The van der Waals surface area contributed by atoms with E-state index in [0.29, 0.717) is 28.6 Å². The van der Waals surface area contributed by atoms with Gasteiger partial charge in [0.2, 0.25) is 0 Å². The number of methoxy groups -OCH3 is 1. The molecule has 3 heterocycles. The van der Waals surface area contributed by atoms with Gasteiger partial charge in [-0.1, -0.05) is 6.07 Å². The molecule has 27 heavy (non-hydrogen) atoms. The predicted octanol–water partition coefficient (Wildman–Crippen LogP) is 2.18. The number of anilines is 2. The fraction of sp³-hybridized carbons (Fsp3) is 0.222. The molecule has 0 radical (unpaired) electrons. The van der Waals surface area contributed by atoms with Gasteiger partial charge in [0.25, 0.3) is 0 Å². The quantitative estimate of drug-likeness (QED) is 0.553. The fourth-order valence-corrected chi connectivity index (χ4v) is 2.23. The van der Waals surface area contributed by atoms with E-state index in [0.717, 1.165) is 0 Å². The molecule has 4 N–H and O–H groups in total. The summed E-state index contributed by atoms with van der Waals surface area (Å²) in [6.07, 6.45) is 4.19. The van der Waals surface area contributed by atoms with Gasteiger partial charge in [0, 0.05) is 6.07 Å². The molecule has 1 saturated heterocycles. The van der Waals surface area contributed by atoms with Gasteiger partial charge >= 0.3 is 0 Å². The van der Waals surface area contributed by atoms with E-state index in [2.05, 4.69) is 30.8 Å². The number of nitrogens with zero attached hydrogens (tertiary/aromatic N) is 4. The van der Waals surface area contributed by atoms with Crippen LogP contribution in [0.2, 0.25) is 0 Å². The summed E-state index contributed by atoms with van der Waals surface area (Å²) in [7, 11) is 1.53. The van der Waals surface area contributed by atoms with E-state index in [4.69, 9.17) is 10.00 Å². The zero-order valence-corrected chi connectivity index (χ0v) is 14.7. The first-order chi connectivity index (χ1) is 13.2. The third-order valence-electron chi connectivity index (χ3n) is 3.80. The Morgan fingerprint density at radius 2 is 2.00 bits per heavy atom. The summed E-state index contributed by atoms with van der Waals surface area (Å²) in [5, 5.41) is 31.7. The number of nitrogens with one attached hydrogen (secondary N) is 3. The van der Waals surface area contributed by atoms with Crippen LogP contribution < -0.4 is 15.4 Å². The van der Waals surface area contributed by atoms with Gasteiger partial charge < -0.3 is 20.5 Å². The van der Waals surface area contributed by atoms with Crippen LogP contribution in [0.25, 0.3) is 11.3 Å². The maximum atomic E-state index is 10.0. The van der Waals surface area contributed by atoms with Gasteiger partial charge in [0.15, 0.2) is 11.5 Å². The fourth-order valence-electron chi connectivity index (χ4n) is 2.23. The van der Waals surface area contributed by atoms with Crippen LogP contribution in [0.5, 0.6) is 11.5 Å². The van der Waals surface area contributed by atoms with Gasteiger partial charge in [0.1, 0.15) is 23.4 Å². The summed E-state index contributed by atoms with van der Waals surface area (Å²) >= 11 is 0.